The molecule has 1 aliphatic heterocycles. The van der Waals surface area contributed by atoms with Crippen molar-refractivity contribution in [2.45, 2.75) is 19.6 Å². The average Bonchev–Trinajstić information content (AvgIpc) is 2.91. The molecule has 1 N–H and O–H groups in total. The van der Waals surface area contributed by atoms with Gasteiger partial charge in [0.1, 0.15) is 0 Å². The Labute approximate surface area is 149 Å². The molecule has 0 spiro atoms. The second-order valence-electron chi connectivity index (χ2n) is 7.41. The summed E-state index contributed by atoms with van der Waals surface area (Å²) in [7, 11) is 2.16. The van der Waals surface area contributed by atoms with Crippen LogP contribution in [0.3, 0.4) is 0 Å². The standard InChI is InChI=1S/C21H27N3O/c1-16-7-8-21-19(13-16)18-5-3-4-6-20(18)24(21)15-17(25)14-23-11-9-22(2)10-12-23/h3-8,13,17,25H,9-12,14-15H2,1-2H3. The van der Waals surface area contributed by atoms with E-state index in [9.17, 15) is 5.11 Å². The SMILES string of the molecule is Cc1ccc2c(c1)c1ccccc1n2CC(O)CN1CCN(C)CC1. The van der Waals surface area contributed by atoms with Gasteiger partial charge in [-0.3, -0.25) is 4.90 Å². The first-order chi connectivity index (χ1) is 12.1. The summed E-state index contributed by atoms with van der Waals surface area (Å²) in [6.45, 7) is 7.77. The number of rotatable bonds is 4. The third kappa shape index (κ3) is 3.30. The van der Waals surface area contributed by atoms with Crippen LogP contribution < -0.4 is 0 Å². The van der Waals surface area contributed by atoms with Gasteiger partial charge in [0.25, 0.3) is 0 Å². The molecular formula is C21H27N3O. The minimum atomic E-state index is -0.358. The molecule has 1 aliphatic rings. The molecule has 1 saturated heterocycles. The van der Waals surface area contributed by atoms with Gasteiger partial charge in [-0.1, -0.05) is 29.8 Å². The lowest BCUT2D eigenvalue weighted by molar-refractivity contribution is 0.0723. The zero-order valence-corrected chi connectivity index (χ0v) is 15.2. The van der Waals surface area contributed by atoms with Gasteiger partial charge in [0.15, 0.2) is 0 Å². The van der Waals surface area contributed by atoms with Crippen molar-refractivity contribution < 1.29 is 5.11 Å². The third-order valence-electron chi connectivity index (χ3n) is 5.39. The molecule has 0 radical (unpaired) electrons. The van der Waals surface area contributed by atoms with Gasteiger partial charge in [-0.25, -0.2) is 0 Å². The molecule has 1 atom stereocenters. The van der Waals surface area contributed by atoms with Gasteiger partial charge in [0.2, 0.25) is 0 Å². The van der Waals surface area contributed by atoms with Crippen LogP contribution in [0, 0.1) is 6.92 Å². The molecule has 2 heterocycles. The van der Waals surface area contributed by atoms with E-state index < -0.39 is 0 Å². The Balaban J connectivity index is 1.61. The van der Waals surface area contributed by atoms with Crippen LogP contribution >= 0.6 is 0 Å². The molecule has 0 saturated carbocycles. The van der Waals surface area contributed by atoms with Gasteiger partial charge < -0.3 is 14.6 Å². The largest absolute Gasteiger partial charge is 0.390 e. The van der Waals surface area contributed by atoms with Gasteiger partial charge in [0.05, 0.1) is 12.6 Å². The van der Waals surface area contributed by atoms with E-state index in [1.54, 1.807) is 0 Å². The normalized spacial score (nSPS) is 18.2. The van der Waals surface area contributed by atoms with Crippen molar-refractivity contribution in [3.63, 3.8) is 0 Å². The number of hydrogen-bond acceptors (Lipinski definition) is 3. The number of aryl methyl sites for hydroxylation is 1. The molecule has 1 fully saturated rings. The van der Waals surface area contributed by atoms with Crippen LogP contribution in [0.4, 0.5) is 0 Å². The first-order valence-electron chi connectivity index (χ1n) is 9.18. The number of aliphatic hydroxyl groups excluding tert-OH is 1. The van der Waals surface area contributed by atoms with Crippen molar-refractivity contribution in [1.29, 1.82) is 0 Å². The minimum absolute atomic E-state index is 0.358. The summed E-state index contributed by atoms with van der Waals surface area (Å²) in [6, 6.07) is 15.1. The smallest absolute Gasteiger partial charge is 0.0845 e. The van der Waals surface area contributed by atoms with Gasteiger partial charge in [-0.2, -0.15) is 0 Å². The highest BCUT2D eigenvalue weighted by Crippen LogP contribution is 2.29. The van der Waals surface area contributed by atoms with Crippen LogP contribution in [0.5, 0.6) is 0 Å². The van der Waals surface area contributed by atoms with Crippen LogP contribution in [-0.2, 0) is 6.54 Å². The molecule has 4 nitrogen and oxygen atoms in total. The molecular weight excluding hydrogens is 310 g/mol. The Bertz CT molecular complexity index is 877. The van der Waals surface area contributed by atoms with Crippen molar-refractivity contribution in [3.05, 3.63) is 48.0 Å². The quantitative estimate of drug-likeness (QED) is 0.794. The van der Waals surface area contributed by atoms with Gasteiger partial charge >= 0.3 is 0 Å². The van der Waals surface area contributed by atoms with E-state index in [1.165, 1.54) is 27.4 Å². The first-order valence-corrected chi connectivity index (χ1v) is 9.18. The van der Waals surface area contributed by atoms with Crippen molar-refractivity contribution in [2.75, 3.05) is 39.8 Å². The Kier molecular flexibility index (Phi) is 4.50. The lowest BCUT2D eigenvalue weighted by Gasteiger charge is -2.33. The van der Waals surface area contributed by atoms with Crippen LogP contribution in [0.1, 0.15) is 5.56 Å². The summed E-state index contributed by atoms with van der Waals surface area (Å²) >= 11 is 0. The zero-order valence-electron chi connectivity index (χ0n) is 15.2. The molecule has 3 aromatic rings. The summed E-state index contributed by atoms with van der Waals surface area (Å²) in [5.41, 5.74) is 3.69. The highest BCUT2D eigenvalue weighted by Gasteiger charge is 2.19. The number of nitrogens with zero attached hydrogens (tertiary/aromatic N) is 3. The van der Waals surface area contributed by atoms with Gasteiger partial charge in [-0.05, 0) is 32.2 Å². The van der Waals surface area contributed by atoms with Gasteiger partial charge in [-0.15, -0.1) is 0 Å². The number of aliphatic hydroxyl groups is 1. The predicted octanol–water partition coefficient (Wildman–Crippen LogP) is 2.71. The Morgan fingerprint density at radius 2 is 1.64 bits per heavy atom. The summed E-state index contributed by atoms with van der Waals surface area (Å²) in [4.78, 5) is 4.72. The number of piperazine rings is 1. The maximum Gasteiger partial charge on any atom is 0.0845 e. The fourth-order valence-electron chi connectivity index (χ4n) is 3.96. The van der Waals surface area contributed by atoms with E-state index in [-0.39, 0.29) is 6.10 Å². The average molecular weight is 337 g/mol. The molecule has 132 valence electrons. The fourth-order valence-corrected chi connectivity index (χ4v) is 3.96. The molecule has 4 heteroatoms. The molecule has 0 amide bonds. The highest BCUT2D eigenvalue weighted by atomic mass is 16.3. The molecule has 1 unspecified atom stereocenters. The number of benzene rings is 2. The van der Waals surface area contributed by atoms with E-state index in [0.29, 0.717) is 6.54 Å². The van der Waals surface area contributed by atoms with E-state index in [0.717, 1.165) is 32.7 Å². The maximum atomic E-state index is 10.7. The number of fused-ring (bicyclic) bond motifs is 3. The minimum Gasteiger partial charge on any atom is -0.390 e. The Hall–Kier alpha value is -1.88. The van der Waals surface area contributed by atoms with Crippen LogP contribution in [-0.4, -0.2) is 65.3 Å². The van der Waals surface area contributed by atoms with E-state index >= 15 is 0 Å². The lowest BCUT2D eigenvalue weighted by Crippen LogP contribution is -2.47. The van der Waals surface area contributed by atoms with E-state index in [2.05, 4.69) is 70.8 Å². The number of likely N-dealkylation sites (N-methyl/N-ethyl adjacent to an activating group) is 1. The first kappa shape index (κ1) is 16.6. The summed E-state index contributed by atoms with van der Waals surface area (Å²) in [5.74, 6) is 0. The van der Waals surface area contributed by atoms with Crippen LogP contribution in [0.15, 0.2) is 42.5 Å². The predicted molar refractivity (Wildman–Crippen MR) is 104 cm³/mol. The third-order valence-corrected chi connectivity index (χ3v) is 5.39. The lowest BCUT2D eigenvalue weighted by atomic mass is 10.1. The number of aromatic nitrogens is 1. The zero-order chi connectivity index (χ0) is 17.4. The van der Waals surface area contributed by atoms with Crippen LogP contribution in [0.2, 0.25) is 0 Å². The van der Waals surface area contributed by atoms with E-state index in [4.69, 9.17) is 0 Å². The fraction of sp³-hybridized carbons (Fsp3) is 0.429. The van der Waals surface area contributed by atoms with Crippen molar-refractivity contribution in [3.8, 4) is 0 Å². The molecule has 0 bridgehead atoms. The van der Waals surface area contributed by atoms with Crippen molar-refractivity contribution in [1.82, 2.24) is 14.4 Å². The molecule has 1 aromatic heterocycles. The Morgan fingerprint density at radius 1 is 0.920 bits per heavy atom. The van der Waals surface area contributed by atoms with Gasteiger partial charge in [0, 0.05) is 54.5 Å². The van der Waals surface area contributed by atoms with E-state index in [1.807, 2.05) is 0 Å². The second kappa shape index (κ2) is 6.79. The number of β-amino-alcohol motifs (C(OH)–C–C–N with tert-alkyl or cyclic N) is 1. The molecule has 0 aliphatic carbocycles. The second-order valence-corrected chi connectivity index (χ2v) is 7.41. The molecule has 4 rings (SSSR count). The monoisotopic (exact) mass is 337 g/mol. The molecule has 2 aromatic carbocycles. The summed E-state index contributed by atoms with van der Waals surface area (Å²) in [5, 5.41) is 13.3. The topological polar surface area (TPSA) is 31.6 Å². The summed E-state index contributed by atoms with van der Waals surface area (Å²) < 4.78 is 2.28. The highest BCUT2D eigenvalue weighted by molar-refractivity contribution is 6.08. The van der Waals surface area contributed by atoms with Crippen molar-refractivity contribution in [2.24, 2.45) is 0 Å². The van der Waals surface area contributed by atoms with Crippen molar-refractivity contribution >= 4 is 21.8 Å². The van der Waals surface area contributed by atoms with Crippen LogP contribution in [0.25, 0.3) is 21.8 Å². The Morgan fingerprint density at radius 3 is 2.44 bits per heavy atom. The number of hydrogen-bond donors (Lipinski definition) is 1. The maximum absolute atomic E-state index is 10.7. The summed E-state index contributed by atoms with van der Waals surface area (Å²) in [6.07, 6.45) is -0.358. The number of para-hydroxylation sites is 1. The molecule has 25 heavy (non-hydrogen) atoms.